The summed E-state index contributed by atoms with van der Waals surface area (Å²) >= 11 is 0. The SMILES string of the molecule is OCC#CCOCCc1nc2cc3nc(CCOCC#CCO)oc3cc2o1. The van der Waals surface area contributed by atoms with Crippen molar-refractivity contribution in [2.24, 2.45) is 0 Å². The average Bonchev–Trinajstić information content (AvgIpc) is 3.27. The highest BCUT2D eigenvalue weighted by molar-refractivity contribution is 5.89. The van der Waals surface area contributed by atoms with E-state index in [1.807, 2.05) is 6.07 Å². The normalized spacial score (nSPS) is 10.6. The van der Waals surface area contributed by atoms with Crippen molar-refractivity contribution >= 4 is 22.2 Å². The van der Waals surface area contributed by atoms with Crippen molar-refractivity contribution in [2.45, 2.75) is 12.8 Å². The van der Waals surface area contributed by atoms with Gasteiger partial charge in [-0.25, -0.2) is 9.97 Å². The number of aliphatic hydroxyl groups is 2. The molecule has 28 heavy (non-hydrogen) atoms. The van der Waals surface area contributed by atoms with Crippen molar-refractivity contribution in [3.63, 3.8) is 0 Å². The van der Waals surface area contributed by atoms with Gasteiger partial charge in [0.25, 0.3) is 0 Å². The van der Waals surface area contributed by atoms with Crippen molar-refractivity contribution in [1.29, 1.82) is 0 Å². The first-order valence-electron chi connectivity index (χ1n) is 8.77. The molecule has 0 atom stereocenters. The number of rotatable bonds is 8. The average molecular weight is 384 g/mol. The molecule has 0 aliphatic carbocycles. The first-order chi connectivity index (χ1) is 13.8. The van der Waals surface area contributed by atoms with Crippen molar-refractivity contribution < 1.29 is 28.5 Å². The third-order valence-corrected chi connectivity index (χ3v) is 3.66. The van der Waals surface area contributed by atoms with Crippen molar-refractivity contribution in [3.8, 4) is 23.7 Å². The number of hydrogen-bond donors (Lipinski definition) is 2. The maximum atomic E-state index is 8.56. The van der Waals surface area contributed by atoms with Gasteiger partial charge >= 0.3 is 0 Å². The fourth-order valence-electron chi connectivity index (χ4n) is 2.44. The summed E-state index contributed by atoms with van der Waals surface area (Å²) in [5.41, 5.74) is 2.66. The third-order valence-electron chi connectivity index (χ3n) is 3.66. The van der Waals surface area contributed by atoms with E-state index in [2.05, 4.69) is 33.6 Å². The van der Waals surface area contributed by atoms with E-state index in [9.17, 15) is 0 Å². The van der Waals surface area contributed by atoms with Crippen LogP contribution in [0.15, 0.2) is 21.0 Å². The first kappa shape index (κ1) is 19.9. The molecule has 0 aliphatic heterocycles. The van der Waals surface area contributed by atoms with Crippen LogP contribution in [-0.4, -0.2) is 59.8 Å². The second-order valence-corrected chi connectivity index (χ2v) is 5.63. The zero-order chi connectivity index (χ0) is 19.6. The number of benzene rings is 1. The van der Waals surface area contributed by atoms with Gasteiger partial charge in [0.1, 0.15) is 37.5 Å². The standard InChI is InChI=1S/C20H20N2O6/c23-7-1-3-9-25-11-5-19-21-15-13-16-18(14-17(15)27-19)28-20(22-16)6-12-26-10-4-2-8-24/h13-14,23-24H,5-12H2. The van der Waals surface area contributed by atoms with Crippen LogP contribution in [0.2, 0.25) is 0 Å². The van der Waals surface area contributed by atoms with Gasteiger partial charge in [-0.2, -0.15) is 0 Å². The molecule has 0 saturated carbocycles. The van der Waals surface area contributed by atoms with Crippen LogP contribution < -0.4 is 0 Å². The minimum atomic E-state index is -0.169. The maximum Gasteiger partial charge on any atom is 0.197 e. The molecule has 3 aromatic rings. The van der Waals surface area contributed by atoms with E-state index in [0.717, 1.165) is 0 Å². The van der Waals surface area contributed by atoms with Gasteiger partial charge in [-0.15, -0.1) is 0 Å². The number of fused-ring (bicyclic) bond motifs is 2. The molecule has 8 nitrogen and oxygen atoms in total. The van der Waals surface area contributed by atoms with Crippen molar-refractivity contribution in [1.82, 2.24) is 9.97 Å². The Morgan fingerprint density at radius 1 is 0.750 bits per heavy atom. The van der Waals surface area contributed by atoms with Gasteiger partial charge in [0, 0.05) is 18.9 Å². The highest BCUT2D eigenvalue weighted by Gasteiger charge is 2.12. The topological polar surface area (TPSA) is 111 Å². The number of ether oxygens (including phenoxy) is 2. The molecule has 0 saturated heterocycles. The number of oxazole rings is 2. The predicted molar refractivity (Wildman–Crippen MR) is 100 cm³/mol. The Bertz CT molecular complexity index is 900. The molecule has 8 heteroatoms. The minimum Gasteiger partial charge on any atom is -0.440 e. The van der Waals surface area contributed by atoms with E-state index >= 15 is 0 Å². The molecule has 0 amide bonds. The molecule has 0 aliphatic rings. The Hall–Kier alpha value is -2.88. The summed E-state index contributed by atoms with van der Waals surface area (Å²) in [5, 5.41) is 17.1. The molecular formula is C20H20N2O6. The van der Waals surface area contributed by atoms with Gasteiger partial charge in [-0.3, -0.25) is 0 Å². The van der Waals surface area contributed by atoms with E-state index in [4.69, 9.17) is 28.5 Å². The van der Waals surface area contributed by atoms with Gasteiger partial charge in [0.2, 0.25) is 0 Å². The Labute approximate surface area is 161 Å². The minimum absolute atomic E-state index is 0.169. The summed E-state index contributed by atoms with van der Waals surface area (Å²) in [4.78, 5) is 8.89. The van der Waals surface area contributed by atoms with Gasteiger partial charge in [0.05, 0.1) is 13.2 Å². The van der Waals surface area contributed by atoms with Crippen LogP contribution in [0.4, 0.5) is 0 Å². The number of aromatic nitrogens is 2. The molecule has 2 heterocycles. The van der Waals surface area contributed by atoms with Gasteiger partial charge in [0.15, 0.2) is 22.9 Å². The summed E-state index contributed by atoms with van der Waals surface area (Å²) in [6.07, 6.45) is 1.04. The van der Waals surface area contributed by atoms with Crippen LogP contribution in [-0.2, 0) is 22.3 Å². The second kappa shape index (κ2) is 10.5. The highest BCUT2D eigenvalue weighted by Crippen LogP contribution is 2.24. The van der Waals surface area contributed by atoms with E-state index in [1.54, 1.807) is 6.07 Å². The lowest BCUT2D eigenvalue weighted by Gasteiger charge is -1.95. The van der Waals surface area contributed by atoms with Crippen molar-refractivity contribution in [2.75, 3.05) is 39.6 Å². The van der Waals surface area contributed by atoms with E-state index in [-0.39, 0.29) is 26.4 Å². The lowest BCUT2D eigenvalue weighted by atomic mass is 10.3. The Morgan fingerprint density at radius 2 is 1.25 bits per heavy atom. The van der Waals surface area contributed by atoms with Gasteiger partial charge < -0.3 is 28.5 Å². The Balaban J connectivity index is 1.56. The van der Waals surface area contributed by atoms with Crippen LogP contribution in [0.25, 0.3) is 22.2 Å². The predicted octanol–water partition coefficient (Wildman–Crippen LogP) is 1.08. The van der Waals surface area contributed by atoms with Crippen LogP contribution in [0.1, 0.15) is 11.8 Å². The smallest absolute Gasteiger partial charge is 0.197 e. The molecule has 2 aromatic heterocycles. The van der Waals surface area contributed by atoms with Crippen LogP contribution in [0, 0.1) is 23.7 Å². The van der Waals surface area contributed by atoms with Crippen LogP contribution in [0.3, 0.4) is 0 Å². The summed E-state index contributed by atoms with van der Waals surface area (Å²) < 4.78 is 22.1. The molecule has 0 bridgehead atoms. The molecule has 1 aromatic carbocycles. The zero-order valence-corrected chi connectivity index (χ0v) is 15.2. The molecule has 0 unspecified atom stereocenters. The molecular weight excluding hydrogens is 364 g/mol. The first-order valence-corrected chi connectivity index (χ1v) is 8.77. The number of nitrogens with zero attached hydrogens (tertiary/aromatic N) is 2. The lowest BCUT2D eigenvalue weighted by molar-refractivity contribution is 0.165. The summed E-state index contributed by atoms with van der Waals surface area (Å²) in [6, 6.07) is 3.60. The van der Waals surface area contributed by atoms with E-state index in [1.165, 1.54) is 0 Å². The van der Waals surface area contributed by atoms with Crippen LogP contribution in [0.5, 0.6) is 0 Å². The molecule has 146 valence electrons. The molecule has 0 spiro atoms. The molecule has 2 N–H and O–H groups in total. The zero-order valence-electron chi connectivity index (χ0n) is 15.2. The van der Waals surface area contributed by atoms with Gasteiger partial charge in [-0.1, -0.05) is 23.7 Å². The lowest BCUT2D eigenvalue weighted by Crippen LogP contribution is -1.99. The monoisotopic (exact) mass is 384 g/mol. The summed E-state index contributed by atoms with van der Waals surface area (Å²) in [5.74, 6) is 11.5. The fourth-order valence-corrected chi connectivity index (χ4v) is 2.44. The van der Waals surface area contributed by atoms with Gasteiger partial charge in [-0.05, 0) is 6.07 Å². The van der Waals surface area contributed by atoms with Crippen molar-refractivity contribution in [3.05, 3.63) is 23.9 Å². The Morgan fingerprint density at radius 3 is 1.71 bits per heavy atom. The second-order valence-electron chi connectivity index (χ2n) is 5.63. The Kier molecular flexibility index (Phi) is 7.42. The molecule has 0 fully saturated rings. The van der Waals surface area contributed by atoms with E-state index < -0.39 is 0 Å². The quantitative estimate of drug-likeness (QED) is 0.438. The highest BCUT2D eigenvalue weighted by atomic mass is 16.5. The van der Waals surface area contributed by atoms with Crippen LogP contribution >= 0.6 is 0 Å². The molecule has 3 rings (SSSR count). The number of aliphatic hydroxyl groups excluding tert-OH is 2. The molecule has 0 radical (unpaired) electrons. The third kappa shape index (κ3) is 5.56. The van der Waals surface area contributed by atoms with E-state index in [0.29, 0.717) is 60.0 Å². The number of hydrogen-bond acceptors (Lipinski definition) is 8. The largest absolute Gasteiger partial charge is 0.440 e. The maximum absolute atomic E-state index is 8.56. The summed E-state index contributed by atoms with van der Waals surface area (Å²) in [7, 11) is 0. The fraction of sp³-hybridized carbons (Fsp3) is 0.400. The summed E-state index contributed by atoms with van der Waals surface area (Å²) in [6.45, 7) is 1.04.